The van der Waals surface area contributed by atoms with E-state index in [1.807, 2.05) is 25.1 Å². The van der Waals surface area contributed by atoms with Gasteiger partial charge in [-0.05, 0) is 48.9 Å². The maximum atomic E-state index is 13.6. The van der Waals surface area contributed by atoms with Crippen LogP contribution in [0.25, 0.3) is 33.1 Å². The van der Waals surface area contributed by atoms with Gasteiger partial charge in [-0.25, -0.2) is 17.4 Å². The summed E-state index contributed by atoms with van der Waals surface area (Å²) in [5, 5.41) is 3.94. The smallest absolute Gasteiger partial charge is 0.269 e. The van der Waals surface area contributed by atoms with E-state index >= 15 is 0 Å². The molecule has 0 spiro atoms. The van der Waals surface area contributed by atoms with Gasteiger partial charge in [0.25, 0.3) is 15.9 Å². The molecule has 2 aromatic carbocycles. The maximum Gasteiger partial charge on any atom is 0.269 e. The standard InChI is InChI=1S/C26H22N4O4S/c1-16-6-8-20(9-7-16)35(32,33)30-15-22(21-12-19(26(31)27-2)14-29-25(21)30)18-11-17-5-4-10-28-24(17)23(13-18)34-3/h4-15H,1-3H3,(H,27,31). The SMILES string of the molecule is CNC(=O)c1cnc2c(c1)c(-c1cc(OC)c3ncccc3c1)cn2S(=O)(=O)c1ccc(C)cc1. The summed E-state index contributed by atoms with van der Waals surface area (Å²) in [6.45, 7) is 1.89. The van der Waals surface area contributed by atoms with Gasteiger partial charge in [0, 0.05) is 42.0 Å². The van der Waals surface area contributed by atoms with Crippen LogP contribution < -0.4 is 10.1 Å². The van der Waals surface area contributed by atoms with Crippen molar-refractivity contribution in [2.45, 2.75) is 11.8 Å². The number of rotatable bonds is 5. The molecule has 176 valence electrons. The molecule has 3 heterocycles. The molecule has 0 aliphatic heterocycles. The first-order chi connectivity index (χ1) is 16.8. The Hall–Kier alpha value is -4.24. The summed E-state index contributed by atoms with van der Waals surface area (Å²) in [5.74, 6) is 0.232. The number of pyridine rings is 2. The second-order valence-corrected chi connectivity index (χ2v) is 9.90. The number of carbonyl (C=O) groups is 1. The predicted molar refractivity (Wildman–Crippen MR) is 134 cm³/mol. The second kappa shape index (κ2) is 8.52. The van der Waals surface area contributed by atoms with E-state index in [1.54, 1.807) is 49.7 Å². The van der Waals surface area contributed by atoms with Crippen LogP contribution in [-0.2, 0) is 10.0 Å². The van der Waals surface area contributed by atoms with Gasteiger partial charge in [-0.15, -0.1) is 0 Å². The fraction of sp³-hybridized carbons (Fsp3) is 0.115. The monoisotopic (exact) mass is 486 g/mol. The molecule has 0 saturated heterocycles. The predicted octanol–water partition coefficient (Wildman–Crippen LogP) is 4.17. The summed E-state index contributed by atoms with van der Waals surface area (Å²) in [4.78, 5) is 21.3. The van der Waals surface area contributed by atoms with E-state index in [0.29, 0.717) is 33.3 Å². The minimum atomic E-state index is -3.96. The third kappa shape index (κ3) is 3.79. The minimum absolute atomic E-state index is 0.143. The van der Waals surface area contributed by atoms with Crippen LogP contribution in [0.3, 0.4) is 0 Å². The molecule has 5 rings (SSSR count). The third-order valence-corrected chi connectivity index (χ3v) is 7.54. The van der Waals surface area contributed by atoms with E-state index in [0.717, 1.165) is 14.9 Å². The van der Waals surface area contributed by atoms with Gasteiger partial charge >= 0.3 is 0 Å². The van der Waals surface area contributed by atoms with Crippen LogP contribution in [0.4, 0.5) is 0 Å². The zero-order valence-electron chi connectivity index (χ0n) is 19.3. The van der Waals surface area contributed by atoms with Gasteiger partial charge < -0.3 is 10.1 Å². The number of nitrogens with one attached hydrogen (secondary N) is 1. The quantitative estimate of drug-likeness (QED) is 0.400. The van der Waals surface area contributed by atoms with Crippen molar-refractivity contribution < 1.29 is 17.9 Å². The van der Waals surface area contributed by atoms with Crippen molar-refractivity contribution in [1.82, 2.24) is 19.3 Å². The Bertz CT molecular complexity index is 1710. The molecular formula is C26H22N4O4S. The first-order valence-corrected chi connectivity index (χ1v) is 12.3. The highest BCUT2D eigenvalue weighted by Gasteiger charge is 2.24. The molecule has 0 saturated carbocycles. The highest BCUT2D eigenvalue weighted by atomic mass is 32.2. The maximum absolute atomic E-state index is 13.6. The molecule has 5 aromatic rings. The van der Waals surface area contributed by atoms with Gasteiger partial charge in [0.2, 0.25) is 0 Å². The van der Waals surface area contributed by atoms with Gasteiger partial charge in [0.1, 0.15) is 11.3 Å². The van der Waals surface area contributed by atoms with Crippen LogP contribution in [0.1, 0.15) is 15.9 Å². The normalized spacial score (nSPS) is 11.6. The largest absolute Gasteiger partial charge is 0.494 e. The lowest BCUT2D eigenvalue weighted by molar-refractivity contribution is 0.0963. The fourth-order valence-corrected chi connectivity index (χ4v) is 5.38. The summed E-state index contributed by atoms with van der Waals surface area (Å²) < 4.78 is 34.0. The topological polar surface area (TPSA) is 103 Å². The molecule has 35 heavy (non-hydrogen) atoms. The number of fused-ring (bicyclic) bond motifs is 2. The number of methoxy groups -OCH3 is 1. The molecule has 0 bridgehead atoms. The van der Waals surface area contributed by atoms with Crippen LogP contribution in [0.5, 0.6) is 5.75 Å². The van der Waals surface area contributed by atoms with E-state index in [-0.39, 0.29) is 16.4 Å². The van der Waals surface area contributed by atoms with Crippen LogP contribution >= 0.6 is 0 Å². The average Bonchev–Trinajstić information content (AvgIpc) is 3.27. The lowest BCUT2D eigenvalue weighted by atomic mass is 10.0. The van der Waals surface area contributed by atoms with E-state index < -0.39 is 10.0 Å². The number of amides is 1. The number of aromatic nitrogens is 3. The van der Waals surface area contributed by atoms with Gasteiger partial charge in [-0.2, -0.15) is 0 Å². The Morgan fingerprint density at radius 2 is 1.83 bits per heavy atom. The molecule has 0 radical (unpaired) electrons. The van der Waals surface area contributed by atoms with Gasteiger partial charge in [-0.1, -0.05) is 23.8 Å². The summed E-state index contributed by atoms with van der Waals surface area (Å²) in [5.41, 5.74) is 3.49. The van der Waals surface area contributed by atoms with Crippen molar-refractivity contribution in [3.8, 4) is 16.9 Å². The zero-order chi connectivity index (χ0) is 24.7. The third-order valence-electron chi connectivity index (χ3n) is 5.88. The molecule has 9 heteroatoms. The van der Waals surface area contributed by atoms with Crippen molar-refractivity contribution in [2.24, 2.45) is 0 Å². The highest BCUT2D eigenvalue weighted by molar-refractivity contribution is 7.90. The van der Waals surface area contributed by atoms with Crippen molar-refractivity contribution in [3.05, 3.63) is 84.3 Å². The summed E-state index contributed by atoms with van der Waals surface area (Å²) in [6, 6.07) is 15.7. The molecule has 1 N–H and O–H groups in total. The molecular weight excluding hydrogens is 464 g/mol. The average molecular weight is 487 g/mol. The van der Waals surface area contributed by atoms with Crippen LogP contribution in [0.2, 0.25) is 0 Å². The van der Waals surface area contributed by atoms with Gasteiger partial charge in [-0.3, -0.25) is 9.78 Å². The molecule has 0 aliphatic carbocycles. The van der Waals surface area contributed by atoms with E-state index in [4.69, 9.17) is 4.74 Å². The number of carbonyl (C=O) groups excluding carboxylic acids is 1. The Balaban J connectivity index is 1.82. The van der Waals surface area contributed by atoms with Crippen molar-refractivity contribution >= 4 is 37.9 Å². The van der Waals surface area contributed by atoms with Crippen LogP contribution in [0, 0.1) is 6.92 Å². The van der Waals surface area contributed by atoms with Crippen LogP contribution in [0.15, 0.2) is 78.1 Å². The molecule has 8 nitrogen and oxygen atoms in total. The first kappa shape index (κ1) is 22.5. The highest BCUT2D eigenvalue weighted by Crippen LogP contribution is 2.37. The molecule has 3 aromatic heterocycles. The molecule has 1 amide bonds. The van der Waals surface area contributed by atoms with Crippen molar-refractivity contribution in [2.75, 3.05) is 14.2 Å². The number of aryl methyl sites for hydroxylation is 1. The Kier molecular flexibility index (Phi) is 5.49. The zero-order valence-corrected chi connectivity index (χ0v) is 20.1. The molecule has 0 unspecified atom stereocenters. The summed E-state index contributed by atoms with van der Waals surface area (Å²) in [7, 11) is -0.868. The Labute approximate surface area is 202 Å². The Morgan fingerprint density at radius 3 is 2.54 bits per heavy atom. The molecule has 0 atom stereocenters. The lowest BCUT2D eigenvalue weighted by Crippen LogP contribution is -2.18. The number of hydrogen-bond donors (Lipinski definition) is 1. The van der Waals surface area contributed by atoms with Gasteiger partial charge in [0.05, 0.1) is 17.6 Å². The van der Waals surface area contributed by atoms with Gasteiger partial charge in [0.15, 0.2) is 5.65 Å². The minimum Gasteiger partial charge on any atom is -0.494 e. The van der Waals surface area contributed by atoms with Crippen molar-refractivity contribution in [3.63, 3.8) is 0 Å². The second-order valence-electron chi connectivity index (χ2n) is 8.08. The summed E-state index contributed by atoms with van der Waals surface area (Å²) in [6.07, 6.45) is 4.60. The van der Waals surface area contributed by atoms with Crippen molar-refractivity contribution in [1.29, 1.82) is 0 Å². The Morgan fingerprint density at radius 1 is 1.06 bits per heavy atom. The van der Waals surface area contributed by atoms with E-state index in [1.165, 1.54) is 19.4 Å². The van der Waals surface area contributed by atoms with E-state index in [9.17, 15) is 13.2 Å². The first-order valence-electron chi connectivity index (χ1n) is 10.8. The molecule has 0 fully saturated rings. The number of ether oxygens (including phenoxy) is 1. The number of nitrogens with zero attached hydrogens (tertiary/aromatic N) is 3. The number of hydrogen-bond acceptors (Lipinski definition) is 6. The summed E-state index contributed by atoms with van der Waals surface area (Å²) >= 11 is 0. The van der Waals surface area contributed by atoms with Crippen LogP contribution in [-0.4, -0.2) is 42.4 Å². The lowest BCUT2D eigenvalue weighted by Gasteiger charge is -2.08. The number of benzene rings is 2. The van der Waals surface area contributed by atoms with E-state index in [2.05, 4.69) is 15.3 Å². The fourth-order valence-electron chi connectivity index (χ4n) is 4.05. The molecule has 0 aliphatic rings.